The van der Waals surface area contributed by atoms with Gasteiger partial charge in [-0.3, -0.25) is 24.6 Å². The fourth-order valence-corrected chi connectivity index (χ4v) is 4.33. The Morgan fingerprint density at radius 1 is 1.21 bits per heavy atom. The Balaban J connectivity index is 1.56. The number of thioether (sulfide) groups is 1. The maximum Gasteiger partial charge on any atom is 0.337 e. The zero-order valence-electron chi connectivity index (χ0n) is 17.5. The first kappa shape index (κ1) is 24.1. The average molecular weight is 486 g/mol. The van der Waals surface area contributed by atoms with Crippen molar-refractivity contribution in [3.8, 4) is 0 Å². The molecule has 0 saturated carbocycles. The van der Waals surface area contributed by atoms with Gasteiger partial charge in [-0.2, -0.15) is 0 Å². The number of amides is 2. The topological polar surface area (TPSA) is 119 Å². The molecule has 2 aromatic rings. The molecule has 33 heavy (non-hydrogen) atoms. The van der Waals surface area contributed by atoms with Crippen molar-refractivity contribution < 1.29 is 24.0 Å². The summed E-state index contributed by atoms with van der Waals surface area (Å²) in [5.41, 5.74) is 1.07. The lowest BCUT2D eigenvalue weighted by Crippen LogP contribution is -2.29. The van der Waals surface area contributed by atoms with Crippen LogP contribution in [0, 0.1) is 10.1 Å². The van der Waals surface area contributed by atoms with E-state index in [-0.39, 0.29) is 30.2 Å². The largest absolute Gasteiger partial charge is 0.465 e. The van der Waals surface area contributed by atoms with Crippen LogP contribution in [0.3, 0.4) is 0 Å². The number of carbonyl (C=O) groups is 3. The second-order valence-electron chi connectivity index (χ2n) is 6.87. The van der Waals surface area contributed by atoms with E-state index >= 15 is 0 Å². The summed E-state index contributed by atoms with van der Waals surface area (Å²) in [6.45, 7) is 0.244. The normalized spacial score (nSPS) is 14.5. The van der Waals surface area contributed by atoms with Crippen molar-refractivity contribution in [1.29, 1.82) is 0 Å². The van der Waals surface area contributed by atoms with Crippen molar-refractivity contribution in [2.24, 2.45) is 0 Å². The van der Waals surface area contributed by atoms with Gasteiger partial charge in [0.1, 0.15) is 10.0 Å². The number of benzene rings is 2. The number of esters is 1. The Morgan fingerprint density at radius 3 is 2.58 bits per heavy atom. The molecule has 0 aromatic heterocycles. The Morgan fingerprint density at radius 2 is 1.91 bits per heavy atom. The molecule has 0 bridgehead atoms. The van der Waals surface area contributed by atoms with Crippen LogP contribution in [0.25, 0.3) is 6.08 Å². The van der Waals surface area contributed by atoms with Crippen LogP contribution in [0.2, 0.25) is 0 Å². The number of hydrogen-bond donors (Lipinski definition) is 1. The number of nitrogens with one attached hydrogen (secondary N) is 1. The molecule has 0 aliphatic carbocycles. The highest BCUT2D eigenvalue weighted by Crippen LogP contribution is 2.33. The zero-order valence-corrected chi connectivity index (χ0v) is 19.1. The third kappa shape index (κ3) is 6.02. The van der Waals surface area contributed by atoms with E-state index < -0.39 is 16.8 Å². The summed E-state index contributed by atoms with van der Waals surface area (Å²) >= 11 is 6.46. The van der Waals surface area contributed by atoms with Crippen molar-refractivity contribution in [2.75, 3.05) is 19.0 Å². The molecule has 1 aliphatic heterocycles. The number of hydrogen-bond acceptors (Lipinski definition) is 8. The molecule has 0 radical (unpaired) electrons. The molecule has 0 unspecified atom stereocenters. The molecule has 1 saturated heterocycles. The third-order valence-corrected chi connectivity index (χ3v) is 6.04. The maximum atomic E-state index is 12.7. The van der Waals surface area contributed by atoms with Crippen molar-refractivity contribution >= 4 is 63.5 Å². The minimum atomic E-state index is -0.564. The van der Waals surface area contributed by atoms with E-state index in [9.17, 15) is 24.5 Å². The molecule has 0 spiro atoms. The first-order valence-electron chi connectivity index (χ1n) is 9.77. The number of nitro groups is 1. The van der Waals surface area contributed by atoms with Gasteiger partial charge >= 0.3 is 5.97 Å². The molecule has 3 rings (SSSR count). The molecular formula is C22H19N3O6S2. The van der Waals surface area contributed by atoms with E-state index in [2.05, 4.69) is 10.1 Å². The molecule has 11 heteroatoms. The third-order valence-electron chi connectivity index (χ3n) is 4.66. The van der Waals surface area contributed by atoms with E-state index in [1.165, 1.54) is 30.2 Å². The van der Waals surface area contributed by atoms with Crippen molar-refractivity contribution in [2.45, 2.75) is 12.8 Å². The second-order valence-corrected chi connectivity index (χ2v) is 8.55. The fourth-order valence-electron chi connectivity index (χ4n) is 3.03. The van der Waals surface area contributed by atoms with Crippen LogP contribution in [0.4, 0.5) is 11.4 Å². The Hall–Kier alpha value is -3.57. The van der Waals surface area contributed by atoms with E-state index in [4.69, 9.17) is 12.2 Å². The number of rotatable bonds is 8. The number of ether oxygens (including phenoxy) is 1. The smallest absolute Gasteiger partial charge is 0.337 e. The lowest BCUT2D eigenvalue weighted by molar-refractivity contribution is -0.383. The Kier molecular flexibility index (Phi) is 7.91. The van der Waals surface area contributed by atoms with Gasteiger partial charge in [0.05, 0.1) is 22.5 Å². The molecule has 0 atom stereocenters. The van der Waals surface area contributed by atoms with Gasteiger partial charge in [0.2, 0.25) is 5.91 Å². The van der Waals surface area contributed by atoms with Crippen molar-refractivity contribution in [3.05, 3.63) is 74.7 Å². The number of nitrogens with zero attached hydrogens (tertiary/aromatic N) is 2. The van der Waals surface area contributed by atoms with Crippen LogP contribution in [0.15, 0.2) is 53.4 Å². The summed E-state index contributed by atoms with van der Waals surface area (Å²) in [6.07, 6.45) is 2.08. The fraction of sp³-hybridized carbons (Fsp3) is 0.182. The quantitative estimate of drug-likeness (QED) is 0.196. The summed E-state index contributed by atoms with van der Waals surface area (Å²) < 4.78 is 5.05. The predicted molar refractivity (Wildman–Crippen MR) is 129 cm³/mol. The van der Waals surface area contributed by atoms with Crippen LogP contribution in [0.1, 0.15) is 28.8 Å². The highest BCUT2D eigenvalue weighted by molar-refractivity contribution is 8.26. The van der Waals surface area contributed by atoms with Crippen LogP contribution >= 0.6 is 24.0 Å². The summed E-state index contributed by atoms with van der Waals surface area (Å²) in [5, 5.41) is 13.6. The molecule has 1 N–H and O–H groups in total. The van der Waals surface area contributed by atoms with Gasteiger partial charge in [0, 0.05) is 19.0 Å². The number of para-hydroxylation sites is 2. The molecular weight excluding hydrogens is 466 g/mol. The summed E-state index contributed by atoms with van der Waals surface area (Å²) in [7, 11) is 1.30. The van der Waals surface area contributed by atoms with Gasteiger partial charge in [-0.1, -0.05) is 48.2 Å². The number of carbonyl (C=O) groups excluding carboxylic acids is 3. The lowest BCUT2D eigenvalue weighted by Gasteiger charge is -2.14. The molecule has 1 aliphatic rings. The predicted octanol–water partition coefficient (Wildman–Crippen LogP) is 4.00. The monoisotopic (exact) mass is 485 g/mol. The minimum Gasteiger partial charge on any atom is -0.465 e. The average Bonchev–Trinajstić information content (AvgIpc) is 3.06. The van der Waals surface area contributed by atoms with Gasteiger partial charge in [-0.25, -0.2) is 4.79 Å². The number of methoxy groups -OCH3 is 1. The van der Waals surface area contributed by atoms with Crippen molar-refractivity contribution in [1.82, 2.24) is 4.90 Å². The van der Waals surface area contributed by atoms with Gasteiger partial charge in [-0.05, 0) is 36.3 Å². The van der Waals surface area contributed by atoms with Gasteiger partial charge < -0.3 is 10.1 Å². The highest BCUT2D eigenvalue weighted by Gasteiger charge is 2.31. The molecule has 170 valence electrons. The zero-order chi connectivity index (χ0) is 24.0. The summed E-state index contributed by atoms with van der Waals surface area (Å²) in [5.74, 6) is -1.10. The van der Waals surface area contributed by atoms with Gasteiger partial charge in [0.25, 0.3) is 11.6 Å². The van der Waals surface area contributed by atoms with E-state index in [0.29, 0.717) is 21.2 Å². The molecule has 2 aromatic carbocycles. The van der Waals surface area contributed by atoms with Crippen LogP contribution < -0.4 is 5.32 Å². The van der Waals surface area contributed by atoms with Gasteiger partial charge in [-0.15, -0.1) is 0 Å². The second kappa shape index (κ2) is 10.8. The van der Waals surface area contributed by atoms with Crippen LogP contribution in [0.5, 0.6) is 0 Å². The molecule has 1 heterocycles. The molecule has 1 fully saturated rings. The maximum absolute atomic E-state index is 12.7. The van der Waals surface area contributed by atoms with Crippen molar-refractivity contribution in [3.63, 3.8) is 0 Å². The Bertz CT molecular complexity index is 1150. The number of thiocarbonyl (C=S) groups is 1. The Labute approximate surface area is 198 Å². The number of anilines is 1. The SMILES string of the molecule is COC(=O)c1ccc(/C=C2\SC(=S)N(CCCC(=O)Nc3ccccc3[N+](=O)[O-])C2=O)cc1. The number of nitro benzene ring substituents is 1. The van der Waals surface area contributed by atoms with E-state index in [0.717, 1.165) is 17.3 Å². The van der Waals surface area contributed by atoms with Gasteiger partial charge in [0.15, 0.2) is 0 Å². The van der Waals surface area contributed by atoms with Crippen LogP contribution in [-0.4, -0.2) is 45.6 Å². The van der Waals surface area contributed by atoms with E-state index in [1.54, 1.807) is 36.4 Å². The molecule has 2 amide bonds. The summed E-state index contributed by atoms with van der Waals surface area (Å²) in [4.78, 5) is 48.8. The lowest BCUT2D eigenvalue weighted by atomic mass is 10.1. The summed E-state index contributed by atoms with van der Waals surface area (Å²) in [6, 6.07) is 12.5. The highest BCUT2D eigenvalue weighted by atomic mass is 32.2. The standard InChI is InChI=1S/C22H19N3O6S2/c1-31-21(28)15-10-8-14(9-11-15)13-18-20(27)24(22(32)33-18)12-4-7-19(26)23-16-5-2-3-6-17(16)25(29)30/h2-3,5-6,8-11,13H,4,7,12H2,1H3,(H,23,26)/b18-13-. The first-order chi connectivity index (χ1) is 15.8. The van der Waals surface area contributed by atoms with E-state index in [1.807, 2.05) is 0 Å². The van der Waals surface area contributed by atoms with Crippen LogP contribution in [-0.2, 0) is 14.3 Å². The first-order valence-corrected chi connectivity index (χ1v) is 11.0. The minimum absolute atomic E-state index is 0.0666. The molecule has 9 nitrogen and oxygen atoms in total.